The van der Waals surface area contributed by atoms with E-state index in [0.29, 0.717) is 0 Å². The Balaban J connectivity index is 2.85. The van der Waals surface area contributed by atoms with E-state index in [1.165, 1.54) is 57.9 Å². The molecule has 85 valence electrons. The summed E-state index contributed by atoms with van der Waals surface area (Å²) in [5.41, 5.74) is 0. The Labute approximate surface area is 90.9 Å². The zero-order valence-corrected chi connectivity index (χ0v) is 10.2. The summed E-state index contributed by atoms with van der Waals surface area (Å²) in [7, 11) is 4.30. The van der Waals surface area contributed by atoms with Crippen LogP contribution in [0.1, 0.15) is 57.8 Å². The molecule has 0 aromatic rings. The fourth-order valence-electron chi connectivity index (χ4n) is 1.67. The molecule has 0 amide bonds. The number of rotatable bonds is 10. The molecule has 0 aromatic heterocycles. The van der Waals surface area contributed by atoms with E-state index in [4.69, 9.17) is 0 Å². The molecule has 0 aliphatic carbocycles. The number of hydrogen-bond acceptors (Lipinski definition) is 1. The van der Waals surface area contributed by atoms with Crippen LogP contribution in [0, 0.1) is 6.92 Å². The van der Waals surface area contributed by atoms with E-state index in [-0.39, 0.29) is 0 Å². The van der Waals surface area contributed by atoms with Crippen LogP contribution in [0.4, 0.5) is 0 Å². The molecule has 1 heteroatoms. The second kappa shape index (κ2) is 11.0. The lowest BCUT2D eigenvalue weighted by molar-refractivity contribution is 0.389. The van der Waals surface area contributed by atoms with Gasteiger partial charge in [0.1, 0.15) is 0 Å². The normalized spacial score (nSPS) is 11.1. The van der Waals surface area contributed by atoms with E-state index in [9.17, 15) is 0 Å². The lowest BCUT2D eigenvalue weighted by Gasteiger charge is -2.08. The predicted octanol–water partition coefficient (Wildman–Crippen LogP) is 3.89. The van der Waals surface area contributed by atoms with Crippen LogP contribution >= 0.6 is 0 Å². The van der Waals surface area contributed by atoms with Crippen molar-refractivity contribution in [2.45, 2.75) is 57.8 Å². The Hall–Kier alpha value is -0.0400. The van der Waals surface area contributed by atoms with Crippen molar-refractivity contribution in [3.63, 3.8) is 0 Å². The maximum Gasteiger partial charge on any atom is -0.00248 e. The van der Waals surface area contributed by atoms with Crippen molar-refractivity contribution in [3.05, 3.63) is 6.92 Å². The van der Waals surface area contributed by atoms with Crippen LogP contribution in [0.25, 0.3) is 0 Å². The first-order chi connectivity index (χ1) is 6.77. The molecule has 0 heterocycles. The molecule has 0 aliphatic rings. The summed E-state index contributed by atoms with van der Waals surface area (Å²) < 4.78 is 0. The van der Waals surface area contributed by atoms with Gasteiger partial charge in [0.25, 0.3) is 0 Å². The van der Waals surface area contributed by atoms with E-state index >= 15 is 0 Å². The van der Waals surface area contributed by atoms with Crippen molar-refractivity contribution < 1.29 is 0 Å². The Bertz CT molecular complexity index is 99.4. The summed E-state index contributed by atoms with van der Waals surface area (Å²) in [5, 5.41) is 0. The molecule has 0 aliphatic heterocycles. The second-order valence-corrected chi connectivity index (χ2v) is 4.49. The molecule has 0 saturated carbocycles. The molecule has 0 unspecified atom stereocenters. The predicted molar refractivity (Wildman–Crippen MR) is 65.5 cm³/mol. The second-order valence-electron chi connectivity index (χ2n) is 4.49. The van der Waals surface area contributed by atoms with Crippen LogP contribution in [-0.4, -0.2) is 25.5 Å². The quantitative estimate of drug-likeness (QED) is 0.481. The lowest BCUT2D eigenvalue weighted by atomic mass is 10.1. The van der Waals surface area contributed by atoms with Crippen molar-refractivity contribution in [3.8, 4) is 0 Å². The van der Waals surface area contributed by atoms with E-state index in [1.54, 1.807) is 0 Å². The average Bonchev–Trinajstić information content (AvgIpc) is 2.15. The van der Waals surface area contributed by atoms with Crippen molar-refractivity contribution in [2.24, 2.45) is 0 Å². The van der Waals surface area contributed by atoms with Gasteiger partial charge in [0.05, 0.1) is 0 Å². The van der Waals surface area contributed by atoms with E-state index in [0.717, 1.165) is 6.42 Å². The fourth-order valence-corrected chi connectivity index (χ4v) is 1.67. The highest BCUT2D eigenvalue weighted by Gasteiger charge is 1.92. The smallest absolute Gasteiger partial charge is 0.00248 e. The summed E-state index contributed by atoms with van der Waals surface area (Å²) in [4.78, 5) is 2.27. The molecular weight excluding hydrogens is 170 g/mol. The first-order valence-corrected chi connectivity index (χ1v) is 6.21. The van der Waals surface area contributed by atoms with Gasteiger partial charge in [0, 0.05) is 0 Å². The zero-order valence-electron chi connectivity index (χ0n) is 10.2. The Morgan fingerprint density at radius 2 is 1.14 bits per heavy atom. The molecule has 1 nitrogen and oxygen atoms in total. The highest BCUT2D eigenvalue weighted by atomic mass is 15.0. The van der Waals surface area contributed by atoms with Gasteiger partial charge < -0.3 is 4.90 Å². The zero-order chi connectivity index (χ0) is 10.6. The van der Waals surface area contributed by atoms with Gasteiger partial charge in [-0.25, -0.2) is 0 Å². The van der Waals surface area contributed by atoms with Crippen LogP contribution in [0.15, 0.2) is 0 Å². The summed E-state index contributed by atoms with van der Waals surface area (Å²) in [5.74, 6) is 0. The highest BCUT2D eigenvalue weighted by Crippen LogP contribution is 2.09. The molecule has 14 heavy (non-hydrogen) atoms. The Kier molecular flexibility index (Phi) is 11.0. The van der Waals surface area contributed by atoms with Gasteiger partial charge in [0.15, 0.2) is 0 Å². The first kappa shape index (κ1) is 14.0. The summed E-state index contributed by atoms with van der Waals surface area (Å²) in [6.45, 7) is 5.11. The Morgan fingerprint density at radius 3 is 1.57 bits per heavy atom. The van der Waals surface area contributed by atoms with Crippen molar-refractivity contribution in [1.29, 1.82) is 0 Å². The molecule has 0 aromatic carbocycles. The molecule has 0 N–H and O–H groups in total. The van der Waals surface area contributed by atoms with Gasteiger partial charge in [-0.2, -0.15) is 0 Å². The molecule has 1 radical (unpaired) electrons. The van der Waals surface area contributed by atoms with E-state index in [2.05, 4.69) is 25.9 Å². The maximum absolute atomic E-state index is 3.86. The molecule has 0 fully saturated rings. The van der Waals surface area contributed by atoms with Crippen LogP contribution in [0.5, 0.6) is 0 Å². The monoisotopic (exact) mass is 198 g/mol. The minimum Gasteiger partial charge on any atom is -0.309 e. The van der Waals surface area contributed by atoms with Gasteiger partial charge in [0.2, 0.25) is 0 Å². The third-order valence-electron chi connectivity index (χ3n) is 2.61. The third-order valence-corrected chi connectivity index (χ3v) is 2.61. The molecule has 0 rings (SSSR count). The minimum atomic E-state index is 1.11. The number of unbranched alkanes of at least 4 members (excludes halogenated alkanes) is 8. The average molecular weight is 198 g/mol. The van der Waals surface area contributed by atoms with Crippen molar-refractivity contribution in [1.82, 2.24) is 4.90 Å². The van der Waals surface area contributed by atoms with Crippen molar-refractivity contribution >= 4 is 0 Å². The number of nitrogens with zero attached hydrogens (tertiary/aromatic N) is 1. The maximum atomic E-state index is 3.86. The van der Waals surface area contributed by atoms with E-state index in [1.807, 2.05) is 0 Å². The van der Waals surface area contributed by atoms with E-state index < -0.39 is 0 Å². The fraction of sp³-hybridized carbons (Fsp3) is 0.923. The van der Waals surface area contributed by atoms with Crippen LogP contribution in [-0.2, 0) is 0 Å². The largest absolute Gasteiger partial charge is 0.309 e. The molecule has 0 saturated heterocycles. The van der Waals surface area contributed by atoms with Gasteiger partial charge in [-0.3, -0.25) is 0 Å². The minimum absolute atomic E-state index is 1.11. The van der Waals surface area contributed by atoms with Gasteiger partial charge in [-0.1, -0.05) is 58.3 Å². The summed E-state index contributed by atoms with van der Waals surface area (Å²) in [6, 6.07) is 0. The summed E-state index contributed by atoms with van der Waals surface area (Å²) >= 11 is 0. The van der Waals surface area contributed by atoms with Crippen LogP contribution in [0.3, 0.4) is 0 Å². The highest BCUT2D eigenvalue weighted by molar-refractivity contribution is 4.49. The van der Waals surface area contributed by atoms with Gasteiger partial charge >= 0.3 is 0 Å². The number of hydrogen-bond donors (Lipinski definition) is 0. The summed E-state index contributed by atoms with van der Waals surface area (Å²) in [6.07, 6.45) is 12.3. The third kappa shape index (κ3) is 12.0. The van der Waals surface area contributed by atoms with Gasteiger partial charge in [-0.15, -0.1) is 0 Å². The SMILES string of the molecule is [CH2]CCCCCCCCCCN(C)C. The first-order valence-electron chi connectivity index (χ1n) is 6.21. The van der Waals surface area contributed by atoms with Crippen molar-refractivity contribution in [2.75, 3.05) is 20.6 Å². The standard InChI is InChI=1S/C13H28N/c1-4-5-6-7-8-9-10-11-12-13-14(2)3/h1,4-13H2,2-3H3. The Morgan fingerprint density at radius 1 is 0.714 bits per heavy atom. The lowest BCUT2D eigenvalue weighted by Crippen LogP contribution is -2.12. The van der Waals surface area contributed by atoms with Crippen LogP contribution < -0.4 is 0 Å². The molecular formula is C13H28N. The molecule has 0 bridgehead atoms. The topological polar surface area (TPSA) is 3.24 Å². The molecule has 0 spiro atoms. The van der Waals surface area contributed by atoms with Gasteiger partial charge in [-0.05, 0) is 27.1 Å². The van der Waals surface area contributed by atoms with Crippen LogP contribution in [0.2, 0.25) is 0 Å². The molecule has 0 atom stereocenters.